The zero-order chi connectivity index (χ0) is 13.5. The Kier molecular flexibility index (Phi) is 6.68. The van der Waals surface area contributed by atoms with Gasteiger partial charge in [-0.2, -0.15) is 5.10 Å². The summed E-state index contributed by atoms with van der Waals surface area (Å²) in [4.78, 5) is 0. The van der Waals surface area contributed by atoms with Crippen LogP contribution < -0.4 is 5.73 Å². The predicted molar refractivity (Wildman–Crippen MR) is 75.1 cm³/mol. The third-order valence-corrected chi connectivity index (χ3v) is 3.42. The molecule has 1 unspecified atom stereocenters. The number of nitrogens with zero attached hydrogens (tertiary/aromatic N) is 2. The average molecular weight is 274 g/mol. The first kappa shape index (κ1) is 15.5. The molecule has 0 aliphatic carbocycles. The van der Waals surface area contributed by atoms with Gasteiger partial charge in [-0.15, -0.1) is 0 Å². The lowest BCUT2D eigenvalue weighted by Gasteiger charge is -2.12. The van der Waals surface area contributed by atoms with E-state index in [1.165, 1.54) is 0 Å². The van der Waals surface area contributed by atoms with Crippen LogP contribution in [0.5, 0.6) is 0 Å². The van der Waals surface area contributed by atoms with Gasteiger partial charge in [0.2, 0.25) is 0 Å². The molecule has 0 bridgehead atoms. The highest BCUT2D eigenvalue weighted by Gasteiger charge is 2.16. The first-order chi connectivity index (χ1) is 8.63. The Hall–Kier alpha value is -0.580. The lowest BCUT2D eigenvalue weighted by molar-refractivity contribution is 0.139. The summed E-state index contributed by atoms with van der Waals surface area (Å²) >= 11 is 6.34. The SMILES string of the molecule is CCOCCC(N)Cc1c(Cl)c(CC)nn1CC. The molecule has 18 heavy (non-hydrogen) atoms. The van der Waals surface area contributed by atoms with Gasteiger partial charge in [-0.25, -0.2) is 0 Å². The smallest absolute Gasteiger partial charge is 0.0850 e. The normalized spacial score (nSPS) is 12.9. The first-order valence-electron chi connectivity index (χ1n) is 6.71. The van der Waals surface area contributed by atoms with E-state index in [0.29, 0.717) is 6.61 Å². The standard InChI is InChI=1S/C13H24ClN3O/c1-4-11-13(14)12(17(5-2)16-11)9-10(15)7-8-18-6-3/h10H,4-9,15H2,1-3H3. The molecule has 0 radical (unpaired) electrons. The zero-order valence-electron chi connectivity index (χ0n) is 11.6. The molecule has 2 N–H and O–H groups in total. The molecule has 0 saturated carbocycles. The predicted octanol–water partition coefficient (Wildman–Crippen LogP) is 2.42. The Morgan fingerprint density at radius 1 is 1.39 bits per heavy atom. The van der Waals surface area contributed by atoms with Crippen LogP contribution in [-0.4, -0.2) is 29.0 Å². The van der Waals surface area contributed by atoms with Crippen molar-refractivity contribution in [2.24, 2.45) is 5.73 Å². The summed E-state index contributed by atoms with van der Waals surface area (Å²) in [5.74, 6) is 0. The van der Waals surface area contributed by atoms with E-state index in [0.717, 1.165) is 48.8 Å². The largest absolute Gasteiger partial charge is 0.382 e. The van der Waals surface area contributed by atoms with Crippen molar-refractivity contribution >= 4 is 11.6 Å². The number of rotatable bonds is 8. The summed E-state index contributed by atoms with van der Waals surface area (Å²) in [6.45, 7) is 8.39. The number of aryl methyl sites for hydroxylation is 2. The molecule has 4 nitrogen and oxygen atoms in total. The Bertz CT molecular complexity index is 365. The zero-order valence-corrected chi connectivity index (χ0v) is 12.3. The summed E-state index contributed by atoms with van der Waals surface area (Å²) in [6.07, 6.45) is 2.46. The maximum Gasteiger partial charge on any atom is 0.0850 e. The fourth-order valence-electron chi connectivity index (χ4n) is 1.94. The van der Waals surface area contributed by atoms with Crippen LogP contribution in [0.1, 0.15) is 38.6 Å². The number of hydrogen-bond acceptors (Lipinski definition) is 3. The number of halogens is 1. The molecule has 0 amide bonds. The molecule has 1 aromatic rings. The van der Waals surface area contributed by atoms with Crippen molar-refractivity contribution in [1.82, 2.24) is 9.78 Å². The molecule has 0 spiro atoms. The second-order valence-corrected chi connectivity index (χ2v) is 4.70. The van der Waals surface area contributed by atoms with E-state index < -0.39 is 0 Å². The van der Waals surface area contributed by atoms with Crippen molar-refractivity contribution in [2.45, 2.75) is 52.6 Å². The average Bonchev–Trinajstić information content (AvgIpc) is 2.66. The van der Waals surface area contributed by atoms with Crippen LogP contribution in [0, 0.1) is 0 Å². The molecule has 0 saturated heterocycles. The molecule has 1 rings (SSSR count). The van der Waals surface area contributed by atoms with Crippen molar-refractivity contribution < 1.29 is 4.74 Å². The molecule has 1 heterocycles. The van der Waals surface area contributed by atoms with Gasteiger partial charge in [0.15, 0.2) is 0 Å². The van der Waals surface area contributed by atoms with Gasteiger partial charge in [-0.1, -0.05) is 18.5 Å². The van der Waals surface area contributed by atoms with Gasteiger partial charge in [0.05, 0.1) is 16.4 Å². The fraction of sp³-hybridized carbons (Fsp3) is 0.769. The van der Waals surface area contributed by atoms with Gasteiger partial charge in [-0.3, -0.25) is 4.68 Å². The molecule has 5 heteroatoms. The molecule has 0 fully saturated rings. The Morgan fingerprint density at radius 3 is 2.67 bits per heavy atom. The van der Waals surface area contributed by atoms with Crippen LogP contribution in [0.25, 0.3) is 0 Å². The molecule has 1 atom stereocenters. The van der Waals surface area contributed by atoms with Crippen molar-refractivity contribution in [3.63, 3.8) is 0 Å². The minimum atomic E-state index is 0.0701. The van der Waals surface area contributed by atoms with Crippen molar-refractivity contribution in [2.75, 3.05) is 13.2 Å². The molecule has 0 aromatic carbocycles. The lowest BCUT2D eigenvalue weighted by Crippen LogP contribution is -2.26. The summed E-state index contributed by atoms with van der Waals surface area (Å²) in [5.41, 5.74) is 8.13. The summed E-state index contributed by atoms with van der Waals surface area (Å²) in [5, 5.41) is 5.28. The lowest BCUT2D eigenvalue weighted by atomic mass is 10.1. The summed E-state index contributed by atoms with van der Waals surface area (Å²) < 4.78 is 7.28. The topological polar surface area (TPSA) is 53.1 Å². The quantitative estimate of drug-likeness (QED) is 0.740. The van der Waals surface area contributed by atoms with Crippen LogP contribution in [0.3, 0.4) is 0 Å². The molecule has 0 aliphatic heterocycles. The van der Waals surface area contributed by atoms with Gasteiger partial charge < -0.3 is 10.5 Å². The van der Waals surface area contributed by atoms with Crippen molar-refractivity contribution in [1.29, 1.82) is 0 Å². The van der Waals surface area contributed by atoms with Crippen LogP contribution >= 0.6 is 11.6 Å². The Morgan fingerprint density at radius 2 is 2.11 bits per heavy atom. The maximum absolute atomic E-state index is 6.34. The monoisotopic (exact) mass is 273 g/mol. The Balaban J connectivity index is 2.67. The van der Waals surface area contributed by atoms with E-state index in [4.69, 9.17) is 22.1 Å². The molecular weight excluding hydrogens is 250 g/mol. The van der Waals surface area contributed by atoms with Gasteiger partial charge in [0, 0.05) is 32.2 Å². The third kappa shape index (κ3) is 3.97. The highest BCUT2D eigenvalue weighted by molar-refractivity contribution is 6.31. The van der Waals surface area contributed by atoms with Gasteiger partial charge in [0.1, 0.15) is 0 Å². The van der Waals surface area contributed by atoms with Gasteiger partial charge in [0.25, 0.3) is 0 Å². The van der Waals surface area contributed by atoms with E-state index in [-0.39, 0.29) is 6.04 Å². The molecule has 0 aliphatic rings. The number of ether oxygens (including phenoxy) is 1. The minimum absolute atomic E-state index is 0.0701. The Labute approximate surface area is 114 Å². The first-order valence-corrected chi connectivity index (χ1v) is 7.09. The van der Waals surface area contributed by atoms with E-state index in [2.05, 4.69) is 18.9 Å². The van der Waals surface area contributed by atoms with Crippen molar-refractivity contribution in [3.05, 3.63) is 16.4 Å². The van der Waals surface area contributed by atoms with Crippen LogP contribution in [-0.2, 0) is 24.1 Å². The van der Waals surface area contributed by atoms with Crippen LogP contribution in [0.2, 0.25) is 5.02 Å². The number of hydrogen-bond donors (Lipinski definition) is 1. The highest BCUT2D eigenvalue weighted by atomic mass is 35.5. The minimum Gasteiger partial charge on any atom is -0.382 e. The third-order valence-electron chi connectivity index (χ3n) is 2.99. The van der Waals surface area contributed by atoms with E-state index in [1.807, 2.05) is 11.6 Å². The molecule has 104 valence electrons. The van der Waals surface area contributed by atoms with Crippen molar-refractivity contribution in [3.8, 4) is 0 Å². The second kappa shape index (κ2) is 7.77. The van der Waals surface area contributed by atoms with Gasteiger partial charge in [-0.05, 0) is 26.7 Å². The summed E-state index contributed by atoms with van der Waals surface area (Å²) in [6, 6.07) is 0.0701. The summed E-state index contributed by atoms with van der Waals surface area (Å²) in [7, 11) is 0. The fourth-order valence-corrected chi connectivity index (χ4v) is 2.29. The van der Waals surface area contributed by atoms with Gasteiger partial charge >= 0.3 is 0 Å². The van der Waals surface area contributed by atoms with Crippen LogP contribution in [0.15, 0.2) is 0 Å². The molecular formula is C13H24ClN3O. The highest BCUT2D eigenvalue weighted by Crippen LogP contribution is 2.23. The number of aromatic nitrogens is 2. The maximum atomic E-state index is 6.34. The molecule has 1 aromatic heterocycles. The number of nitrogens with two attached hydrogens (primary N) is 1. The van der Waals surface area contributed by atoms with E-state index >= 15 is 0 Å². The second-order valence-electron chi connectivity index (χ2n) is 4.33. The van der Waals surface area contributed by atoms with Crippen LogP contribution in [0.4, 0.5) is 0 Å². The van der Waals surface area contributed by atoms with E-state index in [1.54, 1.807) is 0 Å². The van der Waals surface area contributed by atoms with E-state index in [9.17, 15) is 0 Å².